The number of nitrogens with zero attached hydrogens (tertiary/aromatic N) is 1. The summed E-state index contributed by atoms with van der Waals surface area (Å²) in [7, 11) is 0. The van der Waals surface area contributed by atoms with Gasteiger partial charge in [0.1, 0.15) is 5.69 Å². The van der Waals surface area contributed by atoms with Crippen molar-refractivity contribution in [3.8, 4) is 0 Å². The highest BCUT2D eigenvalue weighted by atomic mass is 16.1. The molecule has 1 aromatic rings. The van der Waals surface area contributed by atoms with Gasteiger partial charge in [-0.1, -0.05) is 6.42 Å². The lowest BCUT2D eigenvalue weighted by molar-refractivity contribution is 0.111. The Balaban J connectivity index is 2.27. The van der Waals surface area contributed by atoms with Crippen molar-refractivity contribution in [3.63, 3.8) is 0 Å². The van der Waals surface area contributed by atoms with Gasteiger partial charge in [-0.15, -0.1) is 0 Å². The second-order valence-electron chi connectivity index (χ2n) is 2.98. The monoisotopic (exact) mass is 150 g/mol. The molecule has 1 saturated carbocycles. The number of aromatic amines is 1. The topological polar surface area (TPSA) is 45.8 Å². The van der Waals surface area contributed by atoms with Crippen LogP contribution in [-0.2, 0) is 0 Å². The molecule has 1 fully saturated rings. The lowest BCUT2D eigenvalue weighted by atomic mass is 9.80. The number of nitrogens with one attached hydrogen (secondary N) is 1. The van der Waals surface area contributed by atoms with Crippen molar-refractivity contribution < 1.29 is 4.79 Å². The summed E-state index contributed by atoms with van der Waals surface area (Å²) in [6.45, 7) is 0. The average Bonchev–Trinajstić information content (AvgIpc) is 2.32. The zero-order valence-electron chi connectivity index (χ0n) is 6.21. The third-order valence-electron chi connectivity index (χ3n) is 2.36. The molecule has 3 heteroatoms. The average molecular weight is 150 g/mol. The van der Waals surface area contributed by atoms with Crippen molar-refractivity contribution in [1.82, 2.24) is 10.2 Å². The minimum absolute atomic E-state index is 0.592. The van der Waals surface area contributed by atoms with E-state index in [4.69, 9.17) is 0 Å². The molecule has 3 nitrogen and oxygen atoms in total. The van der Waals surface area contributed by atoms with Gasteiger partial charge in [0, 0.05) is 5.56 Å². The molecule has 1 aromatic heterocycles. The molecule has 1 N–H and O–H groups in total. The number of aromatic nitrogens is 2. The van der Waals surface area contributed by atoms with Crippen LogP contribution in [-0.4, -0.2) is 16.5 Å². The van der Waals surface area contributed by atoms with E-state index in [0.29, 0.717) is 11.6 Å². The van der Waals surface area contributed by atoms with E-state index in [9.17, 15) is 4.79 Å². The number of H-pyrrole nitrogens is 1. The summed E-state index contributed by atoms with van der Waals surface area (Å²) < 4.78 is 0. The van der Waals surface area contributed by atoms with Crippen LogP contribution in [0.2, 0.25) is 0 Å². The van der Waals surface area contributed by atoms with Gasteiger partial charge in [0.15, 0.2) is 6.29 Å². The maximum Gasteiger partial charge on any atom is 0.168 e. The van der Waals surface area contributed by atoms with Gasteiger partial charge in [0.25, 0.3) is 0 Å². The van der Waals surface area contributed by atoms with E-state index in [1.807, 2.05) is 0 Å². The number of hydrogen-bond donors (Lipinski definition) is 1. The molecule has 58 valence electrons. The predicted molar refractivity (Wildman–Crippen MR) is 40.6 cm³/mol. The fourth-order valence-corrected chi connectivity index (χ4v) is 1.44. The fourth-order valence-electron chi connectivity index (χ4n) is 1.44. The summed E-state index contributed by atoms with van der Waals surface area (Å²) in [5, 5.41) is 6.53. The molecule has 1 aliphatic rings. The molecular weight excluding hydrogens is 140 g/mol. The molecule has 0 saturated heterocycles. The molecular formula is C8H10N2O. The maximum absolute atomic E-state index is 10.5. The van der Waals surface area contributed by atoms with E-state index >= 15 is 0 Å². The molecule has 0 atom stereocenters. The van der Waals surface area contributed by atoms with Crippen molar-refractivity contribution in [2.24, 2.45) is 0 Å². The smallest absolute Gasteiger partial charge is 0.168 e. The Morgan fingerprint density at radius 1 is 1.64 bits per heavy atom. The molecule has 0 unspecified atom stereocenters. The SMILES string of the molecule is O=Cc1[nH]ncc1C1CCC1. The molecule has 0 radical (unpaired) electrons. The molecule has 11 heavy (non-hydrogen) atoms. The second-order valence-corrected chi connectivity index (χ2v) is 2.98. The van der Waals surface area contributed by atoms with E-state index in [2.05, 4.69) is 10.2 Å². The van der Waals surface area contributed by atoms with Gasteiger partial charge in [0.05, 0.1) is 6.20 Å². The first-order valence-electron chi connectivity index (χ1n) is 3.90. The van der Waals surface area contributed by atoms with Crippen LogP contribution in [0.5, 0.6) is 0 Å². The van der Waals surface area contributed by atoms with Crippen LogP contribution in [0.25, 0.3) is 0 Å². The van der Waals surface area contributed by atoms with Crippen LogP contribution in [0.15, 0.2) is 6.20 Å². The summed E-state index contributed by atoms with van der Waals surface area (Å²) in [6.07, 6.45) is 6.32. The van der Waals surface area contributed by atoms with Crippen molar-refractivity contribution in [2.45, 2.75) is 25.2 Å². The highest BCUT2D eigenvalue weighted by Gasteiger charge is 2.22. The Morgan fingerprint density at radius 3 is 3.00 bits per heavy atom. The summed E-state index contributed by atoms with van der Waals surface area (Å²) in [6, 6.07) is 0. The number of rotatable bonds is 2. The molecule has 1 heterocycles. The Hall–Kier alpha value is -1.12. The van der Waals surface area contributed by atoms with E-state index in [0.717, 1.165) is 11.8 Å². The Morgan fingerprint density at radius 2 is 2.45 bits per heavy atom. The lowest BCUT2D eigenvalue weighted by Gasteiger charge is -2.24. The van der Waals surface area contributed by atoms with Crippen LogP contribution < -0.4 is 0 Å². The van der Waals surface area contributed by atoms with Crippen molar-refractivity contribution >= 4 is 6.29 Å². The number of aldehydes is 1. The highest BCUT2D eigenvalue weighted by Crippen LogP contribution is 2.36. The van der Waals surface area contributed by atoms with E-state index in [1.165, 1.54) is 19.3 Å². The molecule has 0 amide bonds. The van der Waals surface area contributed by atoms with Crippen molar-refractivity contribution in [1.29, 1.82) is 0 Å². The third-order valence-corrected chi connectivity index (χ3v) is 2.36. The Labute approximate surface area is 64.8 Å². The van der Waals surface area contributed by atoms with E-state index in [-0.39, 0.29) is 0 Å². The van der Waals surface area contributed by atoms with Gasteiger partial charge >= 0.3 is 0 Å². The fraction of sp³-hybridized carbons (Fsp3) is 0.500. The van der Waals surface area contributed by atoms with Crippen LogP contribution in [0, 0.1) is 0 Å². The lowest BCUT2D eigenvalue weighted by Crippen LogP contribution is -2.09. The minimum atomic E-state index is 0.592. The van der Waals surface area contributed by atoms with Gasteiger partial charge in [0.2, 0.25) is 0 Å². The molecule has 0 spiro atoms. The van der Waals surface area contributed by atoms with Crippen molar-refractivity contribution in [2.75, 3.05) is 0 Å². The van der Waals surface area contributed by atoms with E-state index in [1.54, 1.807) is 6.20 Å². The highest BCUT2D eigenvalue weighted by molar-refractivity contribution is 5.74. The molecule has 0 bridgehead atoms. The summed E-state index contributed by atoms with van der Waals surface area (Å²) in [4.78, 5) is 10.5. The van der Waals surface area contributed by atoms with Gasteiger partial charge < -0.3 is 0 Å². The first-order valence-corrected chi connectivity index (χ1v) is 3.90. The summed E-state index contributed by atoms with van der Waals surface area (Å²) in [5.41, 5.74) is 1.76. The van der Waals surface area contributed by atoms with Gasteiger partial charge in [-0.25, -0.2) is 0 Å². The van der Waals surface area contributed by atoms with E-state index < -0.39 is 0 Å². The van der Waals surface area contributed by atoms with Crippen LogP contribution in [0.3, 0.4) is 0 Å². The standard InChI is InChI=1S/C8H10N2O/c11-5-8-7(4-9-10-8)6-2-1-3-6/h4-6H,1-3H2,(H,9,10). The molecule has 0 aliphatic heterocycles. The van der Waals surface area contributed by atoms with Gasteiger partial charge in [-0.2, -0.15) is 5.10 Å². The van der Waals surface area contributed by atoms with Gasteiger partial charge in [-0.05, 0) is 18.8 Å². The summed E-state index contributed by atoms with van der Waals surface area (Å²) in [5.74, 6) is 0.592. The predicted octanol–water partition coefficient (Wildman–Crippen LogP) is 1.49. The third kappa shape index (κ3) is 0.964. The molecule has 0 aromatic carbocycles. The second kappa shape index (κ2) is 2.49. The normalized spacial score (nSPS) is 17.8. The first kappa shape index (κ1) is 6.58. The van der Waals surface area contributed by atoms with Crippen LogP contribution in [0.1, 0.15) is 41.2 Å². The Bertz CT molecular complexity index is 263. The number of carbonyl (C=O) groups is 1. The quantitative estimate of drug-likeness (QED) is 0.649. The zero-order valence-corrected chi connectivity index (χ0v) is 6.21. The zero-order chi connectivity index (χ0) is 7.68. The maximum atomic E-state index is 10.5. The summed E-state index contributed by atoms with van der Waals surface area (Å²) >= 11 is 0. The van der Waals surface area contributed by atoms with Crippen LogP contribution in [0.4, 0.5) is 0 Å². The molecule has 1 aliphatic carbocycles. The minimum Gasteiger partial charge on any atom is -0.296 e. The van der Waals surface area contributed by atoms with Gasteiger partial charge in [-0.3, -0.25) is 9.89 Å². The Kier molecular flexibility index (Phi) is 1.49. The van der Waals surface area contributed by atoms with Crippen molar-refractivity contribution in [3.05, 3.63) is 17.5 Å². The van der Waals surface area contributed by atoms with Crippen LogP contribution >= 0.6 is 0 Å². The molecule has 2 rings (SSSR count). The largest absolute Gasteiger partial charge is 0.296 e. The number of carbonyl (C=O) groups excluding carboxylic acids is 1. The number of hydrogen-bond acceptors (Lipinski definition) is 2. The first-order chi connectivity index (χ1) is 5.42.